The van der Waals surface area contributed by atoms with Crippen LogP contribution in [0.1, 0.15) is 37.7 Å². The maximum Gasteiger partial charge on any atom is 0.311 e. The molecule has 0 aliphatic carbocycles. The molecule has 0 saturated carbocycles. The van der Waals surface area contributed by atoms with Crippen molar-refractivity contribution < 1.29 is 9.53 Å². The molecular formula is C16H19Cl2NO2. The van der Waals surface area contributed by atoms with Gasteiger partial charge in [0.05, 0.1) is 22.6 Å². The van der Waals surface area contributed by atoms with Gasteiger partial charge in [-0.1, -0.05) is 29.3 Å². The van der Waals surface area contributed by atoms with Crippen molar-refractivity contribution in [2.24, 2.45) is 5.92 Å². The number of carbonyl (C=O) groups is 1. The van der Waals surface area contributed by atoms with Gasteiger partial charge in [0, 0.05) is 18.0 Å². The Morgan fingerprint density at radius 1 is 1.33 bits per heavy atom. The molecule has 2 aliphatic heterocycles. The minimum atomic E-state index is -0.138. The number of rotatable bonds is 3. The third kappa shape index (κ3) is 2.92. The highest BCUT2D eigenvalue weighted by molar-refractivity contribution is 6.42. The number of fused-ring (bicyclic) bond motifs is 2. The van der Waals surface area contributed by atoms with Crippen molar-refractivity contribution in [1.82, 2.24) is 5.32 Å². The summed E-state index contributed by atoms with van der Waals surface area (Å²) in [7, 11) is 0. The third-order valence-corrected chi connectivity index (χ3v) is 5.35. The normalized spacial score (nSPS) is 31.2. The lowest BCUT2D eigenvalue weighted by Crippen LogP contribution is -2.48. The summed E-state index contributed by atoms with van der Waals surface area (Å²) in [6.07, 6.45) is 3.10. The Labute approximate surface area is 135 Å². The molecule has 21 heavy (non-hydrogen) atoms. The van der Waals surface area contributed by atoms with E-state index in [2.05, 4.69) is 5.32 Å². The van der Waals surface area contributed by atoms with Crippen LogP contribution in [0.25, 0.3) is 0 Å². The van der Waals surface area contributed by atoms with Crippen molar-refractivity contribution >= 4 is 29.2 Å². The van der Waals surface area contributed by atoms with E-state index in [9.17, 15) is 4.79 Å². The quantitative estimate of drug-likeness (QED) is 0.858. The van der Waals surface area contributed by atoms with Gasteiger partial charge in [0.15, 0.2) is 0 Å². The molecule has 5 heteroatoms. The number of ether oxygens (including phenoxy) is 1. The number of hydrogen-bond acceptors (Lipinski definition) is 3. The molecule has 0 spiro atoms. The average molecular weight is 328 g/mol. The van der Waals surface area contributed by atoms with E-state index in [0.717, 1.165) is 24.8 Å². The molecule has 2 aliphatic rings. The Morgan fingerprint density at radius 3 is 2.86 bits per heavy atom. The Balaban J connectivity index is 1.93. The predicted molar refractivity (Wildman–Crippen MR) is 83.9 cm³/mol. The number of hydrogen-bond donors (Lipinski definition) is 1. The molecular weight excluding hydrogens is 309 g/mol. The molecule has 2 bridgehead atoms. The van der Waals surface area contributed by atoms with E-state index in [-0.39, 0.29) is 23.8 Å². The second kappa shape index (κ2) is 6.15. The molecule has 2 fully saturated rings. The SMILES string of the molecule is CCOC(=O)[C@H]1[C@H]2CC[C@H](C[C@H]1c1ccc(Cl)c(Cl)c1)N2. The minimum Gasteiger partial charge on any atom is -0.466 e. The second-order valence-corrected chi connectivity index (χ2v) is 6.66. The zero-order chi connectivity index (χ0) is 15.0. The van der Waals surface area contributed by atoms with Gasteiger partial charge in [-0.2, -0.15) is 0 Å². The van der Waals surface area contributed by atoms with Gasteiger partial charge in [-0.05, 0) is 43.9 Å². The lowest BCUT2D eigenvalue weighted by molar-refractivity contribution is -0.150. The first-order chi connectivity index (χ1) is 10.1. The summed E-state index contributed by atoms with van der Waals surface area (Å²) in [6.45, 7) is 2.26. The van der Waals surface area contributed by atoms with Crippen molar-refractivity contribution in [3.63, 3.8) is 0 Å². The average Bonchev–Trinajstić information content (AvgIpc) is 2.83. The highest BCUT2D eigenvalue weighted by Crippen LogP contribution is 2.43. The first-order valence-corrected chi connectivity index (χ1v) is 8.23. The van der Waals surface area contributed by atoms with Gasteiger partial charge in [0.1, 0.15) is 0 Å². The van der Waals surface area contributed by atoms with E-state index < -0.39 is 0 Å². The monoisotopic (exact) mass is 327 g/mol. The van der Waals surface area contributed by atoms with Crippen LogP contribution in [-0.4, -0.2) is 24.7 Å². The van der Waals surface area contributed by atoms with Crippen molar-refractivity contribution in [2.45, 2.75) is 44.2 Å². The molecule has 2 heterocycles. The smallest absolute Gasteiger partial charge is 0.311 e. The summed E-state index contributed by atoms with van der Waals surface area (Å²) < 4.78 is 5.30. The maximum atomic E-state index is 12.4. The van der Waals surface area contributed by atoms with Gasteiger partial charge in [-0.3, -0.25) is 4.79 Å². The molecule has 2 saturated heterocycles. The summed E-state index contributed by atoms with van der Waals surface area (Å²) in [5, 5.41) is 4.64. The Hall–Kier alpha value is -0.770. The highest BCUT2D eigenvalue weighted by Gasteiger charge is 2.46. The number of nitrogens with one attached hydrogen (secondary N) is 1. The highest BCUT2D eigenvalue weighted by atomic mass is 35.5. The fourth-order valence-electron chi connectivity index (χ4n) is 3.71. The molecule has 0 aromatic heterocycles. The molecule has 0 amide bonds. The van der Waals surface area contributed by atoms with E-state index in [1.165, 1.54) is 0 Å². The third-order valence-electron chi connectivity index (χ3n) is 4.61. The van der Waals surface area contributed by atoms with Crippen LogP contribution in [0, 0.1) is 5.92 Å². The van der Waals surface area contributed by atoms with E-state index >= 15 is 0 Å². The fraction of sp³-hybridized carbons (Fsp3) is 0.562. The molecule has 1 aromatic carbocycles. The summed E-state index contributed by atoms with van der Waals surface area (Å²) >= 11 is 12.1. The summed E-state index contributed by atoms with van der Waals surface area (Å²) in [5.41, 5.74) is 1.08. The topological polar surface area (TPSA) is 38.3 Å². The Kier molecular flexibility index (Phi) is 4.43. The lowest BCUT2D eigenvalue weighted by atomic mass is 9.77. The predicted octanol–water partition coefficient (Wildman–Crippen LogP) is 3.78. The molecule has 4 atom stereocenters. The summed E-state index contributed by atoms with van der Waals surface area (Å²) in [6, 6.07) is 6.38. The molecule has 0 radical (unpaired) electrons. The number of benzene rings is 1. The summed E-state index contributed by atoms with van der Waals surface area (Å²) in [4.78, 5) is 12.4. The molecule has 114 valence electrons. The van der Waals surface area contributed by atoms with Crippen LogP contribution in [0.15, 0.2) is 18.2 Å². The van der Waals surface area contributed by atoms with Crippen LogP contribution in [0.4, 0.5) is 0 Å². The van der Waals surface area contributed by atoms with Gasteiger partial charge in [0.2, 0.25) is 0 Å². The van der Waals surface area contributed by atoms with Crippen LogP contribution in [-0.2, 0) is 9.53 Å². The number of piperidine rings is 1. The zero-order valence-corrected chi connectivity index (χ0v) is 13.5. The van der Waals surface area contributed by atoms with Gasteiger partial charge in [0.25, 0.3) is 0 Å². The van der Waals surface area contributed by atoms with E-state index in [1.54, 1.807) is 0 Å². The van der Waals surface area contributed by atoms with E-state index in [0.29, 0.717) is 22.7 Å². The molecule has 3 nitrogen and oxygen atoms in total. The standard InChI is InChI=1S/C16H19Cl2NO2/c1-2-21-16(20)15-11(8-10-4-6-14(15)19-10)9-3-5-12(17)13(18)7-9/h3,5,7,10-11,14-15,19H,2,4,6,8H2,1H3/t10-,11+,14-,15-/m1/s1. The fourth-order valence-corrected chi connectivity index (χ4v) is 4.01. The second-order valence-electron chi connectivity index (χ2n) is 5.84. The number of carbonyl (C=O) groups excluding carboxylic acids is 1. The van der Waals surface area contributed by atoms with Crippen LogP contribution in [0.3, 0.4) is 0 Å². The minimum absolute atomic E-state index is 0.105. The summed E-state index contributed by atoms with van der Waals surface area (Å²) in [5.74, 6) is -0.0927. The van der Waals surface area contributed by atoms with Crippen molar-refractivity contribution in [1.29, 1.82) is 0 Å². The van der Waals surface area contributed by atoms with Crippen LogP contribution < -0.4 is 5.32 Å². The molecule has 3 rings (SSSR count). The molecule has 0 unspecified atom stereocenters. The largest absolute Gasteiger partial charge is 0.466 e. The lowest BCUT2D eigenvalue weighted by Gasteiger charge is -2.36. The van der Waals surface area contributed by atoms with Crippen molar-refractivity contribution in [3.05, 3.63) is 33.8 Å². The van der Waals surface area contributed by atoms with Crippen LogP contribution in [0.2, 0.25) is 10.0 Å². The van der Waals surface area contributed by atoms with Crippen LogP contribution >= 0.6 is 23.2 Å². The van der Waals surface area contributed by atoms with Crippen molar-refractivity contribution in [3.8, 4) is 0 Å². The first kappa shape index (κ1) is 15.1. The number of halogens is 2. The Morgan fingerprint density at radius 2 is 2.14 bits per heavy atom. The van der Waals surface area contributed by atoms with Crippen LogP contribution in [0.5, 0.6) is 0 Å². The molecule has 1 N–H and O–H groups in total. The zero-order valence-electron chi connectivity index (χ0n) is 11.9. The Bertz CT molecular complexity index is 549. The van der Waals surface area contributed by atoms with Gasteiger partial charge < -0.3 is 10.1 Å². The van der Waals surface area contributed by atoms with Gasteiger partial charge >= 0.3 is 5.97 Å². The first-order valence-electron chi connectivity index (χ1n) is 7.47. The maximum absolute atomic E-state index is 12.4. The van der Waals surface area contributed by atoms with Crippen molar-refractivity contribution in [2.75, 3.05) is 6.61 Å². The molecule has 1 aromatic rings. The van der Waals surface area contributed by atoms with Gasteiger partial charge in [-0.25, -0.2) is 0 Å². The number of esters is 1. The van der Waals surface area contributed by atoms with E-state index in [4.69, 9.17) is 27.9 Å². The van der Waals surface area contributed by atoms with E-state index in [1.807, 2.05) is 25.1 Å². The van der Waals surface area contributed by atoms with Gasteiger partial charge in [-0.15, -0.1) is 0 Å².